The van der Waals surface area contributed by atoms with Gasteiger partial charge < -0.3 is 9.15 Å². The van der Waals surface area contributed by atoms with E-state index in [0.717, 1.165) is 11.1 Å². The number of carbonyl (C=O) groups is 1. The van der Waals surface area contributed by atoms with Gasteiger partial charge in [-0.1, -0.05) is 41.9 Å². The van der Waals surface area contributed by atoms with Gasteiger partial charge in [0, 0.05) is 18.4 Å². The molecule has 1 aliphatic carbocycles. The summed E-state index contributed by atoms with van der Waals surface area (Å²) in [6.45, 7) is 1.33. The second-order valence-electron chi connectivity index (χ2n) is 6.20. The summed E-state index contributed by atoms with van der Waals surface area (Å²) < 4.78 is 11.4. The van der Waals surface area contributed by atoms with Gasteiger partial charge in [-0.2, -0.15) is 0 Å². The van der Waals surface area contributed by atoms with Crippen LogP contribution in [0.5, 0.6) is 0 Å². The van der Waals surface area contributed by atoms with Crippen molar-refractivity contribution < 1.29 is 13.9 Å². The maximum atomic E-state index is 13.0. The molecule has 3 aromatic rings. The van der Waals surface area contributed by atoms with Crippen molar-refractivity contribution in [3.63, 3.8) is 0 Å². The van der Waals surface area contributed by atoms with Crippen LogP contribution in [0.1, 0.15) is 36.3 Å². The maximum Gasteiger partial charge on any atom is 0.303 e. The first-order valence-corrected chi connectivity index (χ1v) is 8.60. The summed E-state index contributed by atoms with van der Waals surface area (Å²) in [5.41, 5.74) is 2.42. The van der Waals surface area contributed by atoms with E-state index >= 15 is 0 Å². The Morgan fingerprint density at radius 2 is 2.00 bits per heavy atom. The van der Waals surface area contributed by atoms with Gasteiger partial charge >= 0.3 is 5.97 Å². The quantitative estimate of drug-likeness (QED) is 0.599. The van der Waals surface area contributed by atoms with E-state index in [1.807, 2.05) is 36.4 Å². The minimum atomic E-state index is -0.655. The number of carbonyl (C=O) groups excluding carboxylic acids is 1. The molecule has 0 N–H and O–H groups in total. The van der Waals surface area contributed by atoms with E-state index in [1.165, 1.54) is 6.92 Å². The van der Waals surface area contributed by atoms with Crippen molar-refractivity contribution in [1.29, 1.82) is 0 Å². The molecule has 0 saturated carbocycles. The molecule has 0 spiro atoms. The first kappa shape index (κ1) is 16.6. The lowest BCUT2D eigenvalue weighted by Crippen LogP contribution is -2.15. The van der Waals surface area contributed by atoms with Gasteiger partial charge in [-0.15, -0.1) is 0 Å². The average Bonchev–Trinajstić information content (AvgIpc) is 2.93. The van der Waals surface area contributed by atoms with Crippen molar-refractivity contribution in [2.75, 3.05) is 0 Å². The predicted octanol–water partition coefficient (Wildman–Crippen LogP) is 4.99. The Morgan fingerprint density at radius 1 is 1.23 bits per heavy atom. The number of benzene rings is 2. The lowest BCUT2D eigenvalue weighted by molar-refractivity contribution is -0.146. The van der Waals surface area contributed by atoms with Gasteiger partial charge in [0.1, 0.15) is 17.4 Å². The van der Waals surface area contributed by atoms with E-state index < -0.39 is 12.1 Å². The van der Waals surface area contributed by atoms with Crippen molar-refractivity contribution in [2.24, 2.45) is 0 Å². The normalized spacial score (nSPS) is 17.5. The maximum absolute atomic E-state index is 13.0. The Balaban J connectivity index is 1.95. The molecule has 130 valence electrons. The first-order chi connectivity index (χ1) is 12.5. The number of hydrogen-bond acceptors (Lipinski definition) is 4. The van der Waals surface area contributed by atoms with Crippen LogP contribution in [0, 0.1) is 0 Å². The molecule has 1 atom stereocenters. The highest BCUT2D eigenvalue weighted by Crippen LogP contribution is 2.42. The summed E-state index contributed by atoms with van der Waals surface area (Å²) in [7, 11) is 0. The molecule has 0 aliphatic heterocycles. The molecule has 4 nitrogen and oxygen atoms in total. The van der Waals surface area contributed by atoms with Crippen molar-refractivity contribution in [3.8, 4) is 0 Å². The fourth-order valence-corrected chi connectivity index (χ4v) is 3.46. The van der Waals surface area contributed by atoms with E-state index in [4.69, 9.17) is 20.8 Å². The molecule has 1 aliphatic rings. The van der Waals surface area contributed by atoms with Crippen molar-refractivity contribution in [3.05, 3.63) is 80.7 Å². The Morgan fingerprint density at radius 3 is 2.73 bits per heavy atom. The fourth-order valence-electron chi connectivity index (χ4n) is 3.28. The fraction of sp³-hybridized carbons (Fsp3) is 0.143. The molecule has 1 heterocycles. The third-order valence-electron chi connectivity index (χ3n) is 4.36. The zero-order chi connectivity index (χ0) is 18.3. The summed E-state index contributed by atoms with van der Waals surface area (Å²) in [5.74, 6) is 0.0347. The van der Waals surface area contributed by atoms with Crippen LogP contribution in [0.15, 0.2) is 57.7 Å². The van der Waals surface area contributed by atoms with Crippen molar-refractivity contribution >= 4 is 40.2 Å². The summed E-state index contributed by atoms with van der Waals surface area (Å²) in [4.78, 5) is 24.5. The highest BCUT2D eigenvalue weighted by Gasteiger charge is 2.35. The van der Waals surface area contributed by atoms with E-state index in [2.05, 4.69) is 0 Å². The highest BCUT2D eigenvalue weighted by atomic mass is 35.5. The van der Waals surface area contributed by atoms with Gasteiger partial charge in [-0.3, -0.25) is 9.59 Å². The molecule has 26 heavy (non-hydrogen) atoms. The van der Waals surface area contributed by atoms with Gasteiger partial charge in [0.25, 0.3) is 0 Å². The number of hydrogen-bond donors (Lipinski definition) is 0. The lowest BCUT2D eigenvalue weighted by Gasteiger charge is -2.10. The Bertz CT molecular complexity index is 1100. The van der Waals surface area contributed by atoms with Crippen molar-refractivity contribution in [2.45, 2.75) is 19.4 Å². The molecule has 0 amide bonds. The zero-order valence-electron chi connectivity index (χ0n) is 14.0. The molecule has 1 unspecified atom stereocenters. The number of ether oxygens (including phenoxy) is 1. The van der Waals surface area contributed by atoms with E-state index in [9.17, 15) is 9.59 Å². The van der Waals surface area contributed by atoms with Gasteiger partial charge in [-0.05, 0) is 35.4 Å². The van der Waals surface area contributed by atoms with Crippen LogP contribution >= 0.6 is 11.6 Å². The molecule has 5 heteroatoms. The van der Waals surface area contributed by atoms with E-state index in [0.29, 0.717) is 33.7 Å². The summed E-state index contributed by atoms with van der Waals surface area (Å²) in [6, 6.07) is 14.7. The molecule has 0 bridgehead atoms. The zero-order valence-corrected chi connectivity index (χ0v) is 14.7. The number of fused-ring (bicyclic) bond motifs is 2. The summed E-state index contributed by atoms with van der Waals surface area (Å²) >= 11 is 6.02. The Hall–Kier alpha value is -2.85. The third kappa shape index (κ3) is 2.93. The molecule has 1 aromatic heterocycles. The van der Waals surface area contributed by atoms with Gasteiger partial charge in [-0.25, -0.2) is 0 Å². The molecule has 0 radical (unpaired) electrons. The first-order valence-electron chi connectivity index (χ1n) is 8.22. The molecule has 2 aromatic carbocycles. The standard InChI is InChI=1S/C21H15ClO4/c1-12(23)25-18-10-14(9-13-5-3-2-4-6-13)21-19(18)20(24)16-11-15(22)7-8-17(16)26-21/h2-9,11,18H,10H2,1H3. The van der Waals surface area contributed by atoms with Crippen LogP contribution in [0.25, 0.3) is 22.6 Å². The topological polar surface area (TPSA) is 56.5 Å². The Labute approximate surface area is 154 Å². The van der Waals surface area contributed by atoms with E-state index in [1.54, 1.807) is 18.2 Å². The van der Waals surface area contributed by atoms with E-state index in [-0.39, 0.29) is 5.43 Å². The smallest absolute Gasteiger partial charge is 0.303 e. The summed E-state index contributed by atoms with van der Waals surface area (Å²) in [5, 5.41) is 0.834. The second-order valence-corrected chi connectivity index (χ2v) is 6.63. The number of rotatable bonds is 2. The molecule has 0 saturated heterocycles. The van der Waals surface area contributed by atoms with Crippen LogP contribution in [0.4, 0.5) is 0 Å². The molecular formula is C21H15ClO4. The summed E-state index contributed by atoms with van der Waals surface area (Å²) in [6.07, 6.45) is 1.69. The second kappa shape index (κ2) is 6.46. The molecule has 4 rings (SSSR count). The van der Waals surface area contributed by atoms with Crippen LogP contribution in [-0.4, -0.2) is 5.97 Å². The van der Waals surface area contributed by atoms with Gasteiger partial charge in [0.05, 0.1) is 10.9 Å². The molecule has 0 fully saturated rings. The number of esters is 1. The van der Waals surface area contributed by atoms with Crippen LogP contribution in [0.2, 0.25) is 5.02 Å². The lowest BCUT2D eigenvalue weighted by atomic mass is 10.1. The van der Waals surface area contributed by atoms with Gasteiger partial charge in [0.2, 0.25) is 0 Å². The Kier molecular flexibility index (Phi) is 4.13. The van der Waals surface area contributed by atoms with Gasteiger partial charge in [0.15, 0.2) is 5.43 Å². The average molecular weight is 367 g/mol. The molecular weight excluding hydrogens is 352 g/mol. The van der Waals surface area contributed by atoms with Crippen molar-refractivity contribution in [1.82, 2.24) is 0 Å². The largest absolute Gasteiger partial charge is 0.457 e. The minimum absolute atomic E-state index is 0.216. The van der Waals surface area contributed by atoms with Crippen LogP contribution in [-0.2, 0) is 9.53 Å². The monoisotopic (exact) mass is 366 g/mol. The number of halogens is 1. The minimum Gasteiger partial charge on any atom is -0.457 e. The van der Waals surface area contributed by atoms with Crippen LogP contribution in [0.3, 0.4) is 0 Å². The third-order valence-corrected chi connectivity index (χ3v) is 4.59. The SMILES string of the molecule is CC(=O)OC1CC(=Cc2ccccc2)c2oc3ccc(Cl)cc3c(=O)c21. The highest BCUT2D eigenvalue weighted by molar-refractivity contribution is 6.31. The van der Waals surface area contributed by atoms with Crippen LogP contribution < -0.4 is 5.43 Å². The predicted molar refractivity (Wildman–Crippen MR) is 101 cm³/mol.